The van der Waals surface area contributed by atoms with Crippen LogP contribution in [-0.4, -0.2) is 54.4 Å². The average Bonchev–Trinajstić information content (AvgIpc) is 2.61. The molecule has 0 fully saturated rings. The van der Waals surface area contributed by atoms with E-state index in [9.17, 15) is 0 Å². The van der Waals surface area contributed by atoms with E-state index < -0.39 is 17.1 Å². The molecule has 0 saturated carbocycles. The van der Waals surface area contributed by atoms with E-state index in [0.717, 1.165) is 12.1 Å². The lowest BCUT2D eigenvalue weighted by atomic mass is 10.4. The second kappa shape index (κ2) is 16.0. The zero-order valence-electron chi connectivity index (χ0n) is 17.5. The van der Waals surface area contributed by atoms with Crippen molar-refractivity contribution >= 4 is 40.6 Å². The molecule has 0 aliphatic rings. The topological polar surface area (TPSA) is 27.7 Å². The highest BCUT2D eigenvalue weighted by molar-refractivity contribution is 7.99. The van der Waals surface area contributed by atoms with Crippen molar-refractivity contribution < 1.29 is 13.0 Å². The second-order valence-electron chi connectivity index (χ2n) is 6.92. The number of thioether (sulfide) groups is 2. The zero-order valence-corrected chi connectivity index (χ0v) is 21.2. The number of rotatable bonds is 18. The van der Waals surface area contributed by atoms with Crippen LogP contribution in [0, 0.1) is 0 Å². The molecule has 0 radical (unpaired) electrons. The summed E-state index contributed by atoms with van der Waals surface area (Å²) >= 11 is 4.13. The van der Waals surface area contributed by atoms with Gasteiger partial charge < -0.3 is 13.0 Å². The maximum atomic E-state index is 6.59. The summed E-state index contributed by atoms with van der Waals surface area (Å²) in [4.78, 5) is 0. The van der Waals surface area contributed by atoms with Crippen LogP contribution >= 0.6 is 23.5 Å². The van der Waals surface area contributed by atoms with Crippen molar-refractivity contribution in [2.24, 2.45) is 0 Å². The van der Waals surface area contributed by atoms with E-state index in [-0.39, 0.29) is 0 Å². The molecular weight excluding hydrogens is 385 g/mol. The summed E-state index contributed by atoms with van der Waals surface area (Å²) in [5, 5.41) is 0. The van der Waals surface area contributed by atoms with E-state index in [1.54, 1.807) is 0 Å². The van der Waals surface area contributed by atoms with Crippen molar-refractivity contribution in [3.63, 3.8) is 0 Å². The molecule has 0 amide bonds. The van der Waals surface area contributed by atoms with Crippen LogP contribution in [0.4, 0.5) is 0 Å². The maximum Gasteiger partial charge on any atom is 0.325 e. The number of hydrogen-bond donors (Lipinski definition) is 0. The molecule has 0 heterocycles. The summed E-state index contributed by atoms with van der Waals surface area (Å²) in [5.41, 5.74) is 0. The predicted molar refractivity (Wildman–Crippen MR) is 122 cm³/mol. The lowest BCUT2D eigenvalue weighted by Gasteiger charge is -2.35. The van der Waals surface area contributed by atoms with Gasteiger partial charge in [-0.3, -0.25) is 0 Å². The first-order valence-corrected chi connectivity index (χ1v) is 17.3. The Kier molecular flexibility index (Phi) is 16.7. The van der Waals surface area contributed by atoms with E-state index in [4.69, 9.17) is 13.0 Å². The van der Waals surface area contributed by atoms with Crippen molar-refractivity contribution in [2.45, 2.75) is 77.6 Å². The first-order valence-electron chi connectivity index (χ1n) is 9.91. The van der Waals surface area contributed by atoms with Gasteiger partial charge in [0.05, 0.1) is 0 Å². The SMILES string of the molecule is CCCCSCCC[Si](C)(OC)O[Si](C)(CCCSCCCC)OC. The van der Waals surface area contributed by atoms with Gasteiger partial charge in [-0.25, -0.2) is 0 Å². The standard InChI is InChI=1S/C18H42O3S2Si2/c1-7-9-13-22-15-11-17-24(5,19-3)21-25(6,20-4)18-12-16-23-14-10-8-2/h7-18H2,1-6H3. The average molecular weight is 427 g/mol. The lowest BCUT2D eigenvalue weighted by molar-refractivity contribution is 0.239. The molecule has 0 N–H and O–H groups in total. The fourth-order valence-electron chi connectivity index (χ4n) is 2.53. The molecule has 0 aliphatic heterocycles. The predicted octanol–water partition coefficient (Wildman–Crippen LogP) is 6.29. The first-order chi connectivity index (χ1) is 11.9. The second-order valence-corrected chi connectivity index (χ2v) is 16.5. The Morgan fingerprint density at radius 3 is 1.32 bits per heavy atom. The molecule has 0 saturated heterocycles. The van der Waals surface area contributed by atoms with Gasteiger partial charge in [0.15, 0.2) is 0 Å². The summed E-state index contributed by atoms with van der Waals surface area (Å²) in [5.74, 6) is 4.99. The highest BCUT2D eigenvalue weighted by Gasteiger charge is 2.41. The fraction of sp³-hybridized carbons (Fsp3) is 1.00. The summed E-state index contributed by atoms with van der Waals surface area (Å²) in [6, 6.07) is 2.14. The van der Waals surface area contributed by atoms with Crippen LogP contribution in [-0.2, 0) is 13.0 Å². The van der Waals surface area contributed by atoms with Gasteiger partial charge >= 0.3 is 17.1 Å². The van der Waals surface area contributed by atoms with Crippen LogP contribution in [0.5, 0.6) is 0 Å². The molecule has 0 spiro atoms. The van der Waals surface area contributed by atoms with Gasteiger partial charge in [-0.15, -0.1) is 0 Å². The Morgan fingerprint density at radius 1 is 0.640 bits per heavy atom. The van der Waals surface area contributed by atoms with Crippen molar-refractivity contribution in [3.05, 3.63) is 0 Å². The molecule has 0 aromatic heterocycles. The molecule has 0 aromatic carbocycles. The van der Waals surface area contributed by atoms with E-state index in [1.807, 2.05) is 14.2 Å². The largest absolute Gasteiger partial charge is 0.415 e. The van der Waals surface area contributed by atoms with Gasteiger partial charge in [0.1, 0.15) is 0 Å². The van der Waals surface area contributed by atoms with E-state index in [0.29, 0.717) is 0 Å². The summed E-state index contributed by atoms with van der Waals surface area (Å²) < 4.78 is 18.4. The summed E-state index contributed by atoms with van der Waals surface area (Å²) in [6.07, 6.45) is 7.60. The van der Waals surface area contributed by atoms with E-state index >= 15 is 0 Å². The van der Waals surface area contributed by atoms with Crippen molar-refractivity contribution in [1.29, 1.82) is 0 Å². The van der Waals surface area contributed by atoms with Crippen LogP contribution in [0.15, 0.2) is 0 Å². The molecule has 0 rings (SSSR count). The maximum absolute atomic E-state index is 6.59. The first kappa shape index (κ1) is 26.0. The van der Waals surface area contributed by atoms with Gasteiger partial charge in [0.25, 0.3) is 0 Å². The Hall–Kier alpha value is 1.01. The van der Waals surface area contributed by atoms with Gasteiger partial charge in [-0.2, -0.15) is 23.5 Å². The molecular formula is C18H42O3S2Si2. The normalized spacial score (nSPS) is 16.6. The minimum atomic E-state index is -2.11. The molecule has 0 aromatic rings. The number of hydrogen-bond acceptors (Lipinski definition) is 5. The molecule has 3 nitrogen and oxygen atoms in total. The molecule has 0 bridgehead atoms. The minimum Gasteiger partial charge on any atom is -0.415 e. The van der Waals surface area contributed by atoms with E-state index in [1.165, 1.54) is 61.5 Å². The Bertz CT molecular complexity index is 286. The van der Waals surface area contributed by atoms with Gasteiger partial charge in [-0.05, 0) is 73.9 Å². The third kappa shape index (κ3) is 13.8. The molecule has 2 unspecified atom stereocenters. The molecule has 25 heavy (non-hydrogen) atoms. The number of unbranched alkanes of at least 4 members (excludes halogenated alkanes) is 2. The van der Waals surface area contributed by atoms with Gasteiger partial charge in [0.2, 0.25) is 0 Å². The molecule has 152 valence electrons. The smallest absolute Gasteiger partial charge is 0.325 e. The molecule has 2 atom stereocenters. The minimum absolute atomic E-state index is 1.07. The molecule has 0 aliphatic carbocycles. The quantitative estimate of drug-likeness (QED) is 0.190. The van der Waals surface area contributed by atoms with E-state index in [2.05, 4.69) is 50.5 Å². The van der Waals surface area contributed by atoms with Crippen LogP contribution in [0.3, 0.4) is 0 Å². The van der Waals surface area contributed by atoms with Crippen LogP contribution in [0.1, 0.15) is 52.4 Å². The Labute approximate surface area is 168 Å². The van der Waals surface area contributed by atoms with Gasteiger partial charge in [0, 0.05) is 14.2 Å². The third-order valence-corrected chi connectivity index (χ3v) is 14.4. The highest BCUT2D eigenvalue weighted by Crippen LogP contribution is 2.26. The summed E-state index contributed by atoms with van der Waals surface area (Å²) in [6.45, 7) is 8.93. The van der Waals surface area contributed by atoms with Crippen molar-refractivity contribution in [2.75, 3.05) is 37.2 Å². The highest BCUT2D eigenvalue weighted by atomic mass is 32.2. The third-order valence-electron chi connectivity index (χ3n) is 4.42. The monoisotopic (exact) mass is 426 g/mol. The van der Waals surface area contributed by atoms with Crippen LogP contribution in [0.2, 0.25) is 25.2 Å². The van der Waals surface area contributed by atoms with Crippen LogP contribution in [0.25, 0.3) is 0 Å². The Morgan fingerprint density at radius 2 is 1.00 bits per heavy atom. The lowest BCUT2D eigenvalue weighted by Crippen LogP contribution is -2.51. The van der Waals surface area contributed by atoms with Crippen LogP contribution < -0.4 is 0 Å². The summed E-state index contributed by atoms with van der Waals surface area (Å²) in [7, 11) is -0.584. The van der Waals surface area contributed by atoms with Crippen molar-refractivity contribution in [1.82, 2.24) is 0 Å². The van der Waals surface area contributed by atoms with Crippen molar-refractivity contribution in [3.8, 4) is 0 Å². The van der Waals surface area contributed by atoms with Gasteiger partial charge in [-0.1, -0.05) is 26.7 Å². The Balaban J connectivity index is 4.20. The zero-order chi connectivity index (χ0) is 19.0. The molecule has 7 heteroatoms. The fourth-order valence-corrected chi connectivity index (χ4v) is 12.3.